The Bertz CT molecular complexity index is 1320. The van der Waals surface area contributed by atoms with E-state index in [1.807, 2.05) is 0 Å². The highest BCUT2D eigenvalue weighted by Crippen LogP contribution is 2.32. The lowest BCUT2D eigenvalue weighted by Crippen LogP contribution is -2.32. The SMILES string of the molecule is CC(=O)c1c(C)c2cnc(Nc3ccc4c(n3)CCNC4=O)nc2n(C2CCCC2)c1=O. The monoisotopic (exact) mass is 432 g/mol. The van der Waals surface area contributed by atoms with E-state index in [0.29, 0.717) is 46.9 Å². The zero-order chi connectivity index (χ0) is 22.4. The topological polar surface area (TPSA) is 119 Å². The Morgan fingerprint density at radius 3 is 2.72 bits per heavy atom. The van der Waals surface area contributed by atoms with Gasteiger partial charge in [-0.2, -0.15) is 4.98 Å². The number of hydrogen-bond donors (Lipinski definition) is 2. The molecule has 2 N–H and O–H groups in total. The first-order valence-electron chi connectivity index (χ1n) is 10.9. The van der Waals surface area contributed by atoms with Crippen molar-refractivity contribution in [2.45, 2.75) is 52.0 Å². The first kappa shape index (κ1) is 20.3. The van der Waals surface area contributed by atoms with Crippen LogP contribution in [0.4, 0.5) is 11.8 Å². The zero-order valence-corrected chi connectivity index (χ0v) is 18.1. The van der Waals surface area contributed by atoms with E-state index in [0.717, 1.165) is 31.4 Å². The molecule has 3 aromatic rings. The number of nitrogens with zero attached hydrogens (tertiary/aromatic N) is 4. The minimum absolute atomic E-state index is 0.0202. The van der Waals surface area contributed by atoms with Gasteiger partial charge in [-0.1, -0.05) is 12.8 Å². The summed E-state index contributed by atoms with van der Waals surface area (Å²) < 4.78 is 1.68. The normalized spacial score (nSPS) is 16.1. The van der Waals surface area contributed by atoms with Crippen LogP contribution in [0.1, 0.15) is 70.6 Å². The highest BCUT2D eigenvalue weighted by atomic mass is 16.2. The number of anilines is 2. The van der Waals surface area contributed by atoms with E-state index in [1.54, 1.807) is 29.8 Å². The van der Waals surface area contributed by atoms with Crippen LogP contribution in [0.2, 0.25) is 0 Å². The Morgan fingerprint density at radius 1 is 1.19 bits per heavy atom. The van der Waals surface area contributed by atoms with E-state index in [1.165, 1.54) is 6.92 Å². The molecule has 4 heterocycles. The predicted molar refractivity (Wildman–Crippen MR) is 120 cm³/mol. The quantitative estimate of drug-likeness (QED) is 0.609. The maximum Gasteiger partial charge on any atom is 0.263 e. The molecule has 0 aromatic carbocycles. The van der Waals surface area contributed by atoms with Crippen molar-refractivity contribution >= 4 is 34.5 Å². The van der Waals surface area contributed by atoms with Crippen LogP contribution < -0.4 is 16.2 Å². The summed E-state index contributed by atoms with van der Waals surface area (Å²) in [6, 6.07) is 3.47. The van der Waals surface area contributed by atoms with Crippen molar-refractivity contribution in [2.24, 2.45) is 0 Å². The van der Waals surface area contributed by atoms with E-state index in [2.05, 4.69) is 25.6 Å². The van der Waals surface area contributed by atoms with Gasteiger partial charge in [0.2, 0.25) is 5.95 Å². The lowest BCUT2D eigenvalue weighted by Gasteiger charge is -2.19. The van der Waals surface area contributed by atoms with E-state index in [4.69, 9.17) is 0 Å². The van der Waals surface area contributed by atoms with Crippen molar-refractivity contribution in [3.63, 3.8) is 0 Å². The number of carbonyl (C=O) groups is 2. The smallest absolute Gasteiger partial charge is 0.263 e. The molecule has 0 spiro atoms. The standard InChI is InChI=1S/C23H24N6O3/c1-12-16-11-25-23(27-18-8-7-15-17(26-18)9-10-24-21(15)31)28-20(16)29(14-5-3-4-6-14)22(32)19(12)13(2)30/h7-8,11,14H,3-6,9-10H2,1-2H3,(H,24,31)(H,25,26,27,28). The second-order valence-electron chi connectivity index (χ2n) is 8.42. The molecule has 0 saturated heterocycles. The Hall–Kier alpha value is -3.62. The molecule has 5 rings (SSSR count). The number of rotatable bonds is 4. The van der Waals surface area contributed by atoms with Gasteiger partial charge in [0, 0.05) is 30.6 Å². The van der Waals surface area contributed by atoms with E-state index >= 15 is 0 Å². The average molecular weight is 432 g/mol. The van der Waals surface area contributed by atoms with Crippen LogP contribution in [-0.4, -0.2) is 37.8 Å². The van der Waals surface area contributed by atoms with Crippen molar-refractivity contribution in [1.82, 2.24) is 24.8 Å². The summed E-state index contributed by atoms with van der Waals surface area (Å²) in [6.07, 6.45) is 6.18. The van der Waals surface area contributed by atoms with Crippen LogP contribution in [0.5, 0.6) is 0 Å². The molecule has 0 bridgehead atoms. The summed E-state index contributed by atoms with van der Waals surface area (Å²) in [5.41, 5.74) is 2.36. The molecule has 1 amide bonds. The number of ketones is 1. The largest absolute Gasteiger partial charge is 0.352 e. The Kier molecular flexibility index (Phi) is 4.96. The Morgan fingerprint density at radius 2 is 1.97 bits per heavy atom. The number of hydrogen-bond acceptors (Lipinski definition) is 7. The maximum absolute atomic E-state index is 13.3. The average Bonchev–Trinajstić information content (AvgIpc) is 3.28. The molecule has 9 heteroatoms. The van der Waals surface area contributed by atoms with Gasteiger partial charge in [0.25, 0.3) is 11.5 Å². The van der Waals surface area contributed by atoms with E-state index in [9.17, 15) is 14.4 Å². The summed E-state index contributed by atoms with van der Waals surface area (Å²) in [5, 5.41) is 6.61. The lowest BCUT2D eigenvalue weighted by atomic mass is 10.0. The van der Waals surface area contributed by atoms with Crippen molar-refractivity contribution in [2.75, 3.05) is 11.9 Å². The molecule has 1 saturated carbocycles. The van der Waals surface area contributed by atoms with E-state index < -0.39 is 0 Å². The second-order valence-corrected chi connectivity index (χ2v) is 8.42. The molecule has 2 aliphatic rings. The van der Waals surface area contributed by atoms with Crippen LogP contribution >= 0.6 is 0 Å². The molecule has 1 fully saturated rings. The van der Waals surface area contributed by atoms with Crippen LogP contribution in [0, 0.1) is 6.92 Å². The molecule has 32 heavy (non-hydrogen) atoms. The van der Waals surface area contributed by atoms with Gasteiger partial charge in [0.05, 0.1) is 16.8 Å². The molecule has 0 atom stereocenters. The maximum atomic E-state index is 13.3. The summed E-state index contributed by atoms with van der Waals surface area (Å²) in [5.74, 6) is 0.478. The number of carbonyl (C=O) groups excluding carboxylic acids is 2. The number of nitrogens with one attached hydrogen (secondary N) is 2. The lowest BCUT2D eigenvalue weighted by molar-refractivity contribution is 0.0944. The third-order valence-corrected chi connectivity index (χ3v) is 6.36. The van der Waals surface area contributed by atoms with Gasteiger partial charge < -0.3 is 10.6 Å². The molecule has 0 unspecified atom stereocenters. The minimum atomic E-state index is -0.281. The molecule has 3 aromatic heterocycles. The molecule has 164 valence electrons. The third-order valence-electron chi connectivity index (χ3n) is 6.36. The van der Waals surface area contributed by atoms with Crippen molar-refractivity contribution in [3.05, 3.63) is 51.1 Å². The van der Waals surface area contributed by atoms with Crippen molar-refractivity contribution < 1.29 is 9.59 Å². The zero-order valence-electron chi connectivity index (χ0n) is 18.1. The highest BCUT2D eigenvalue weighted by Gasteiger charge is 2.26. The van der Waals surface area contributed by atoms with Crippen LogP contribution in [0.25, 0.3) is 11.0 Å². The second kappa shape index (κ2) is 7.81. The number of aryl methyl sites for hydroxylation is 1. The Balaban J connectivity index is 1.61. The van der Waals surface area contributed by atoms with Gasteiger partial charge in [-0.3, -0.25) is 19.0 Å². The van der Waals surface area contributed by atoms with E-state index in [-0.39, 0.29) is 28.9 Å². The molecule has 9 nitrogen and oxygen atoms in total. The molecular weight excluding hydrogens is 408 g/mol. The number of fused-ring (bicyclic) bond motifs is 2. The number of pyridine rings is 2. The fourth-order valence-corrected chi connectivity index (χ4v) is 4.78. The third kappa shape index (κ3) is 3.34. The van der Waals surface area contributed by atoms with Crippen molar-refractivity contribution in [1.29, 1.82) is 0 Å². The molecule has 1 aliphatic heterocycles. The van der Waals surface area contributed by atoms with Crippen LogP contribution in [0.15, 0.2) is 23.1 Å². The summed E-state index contributed by atoms with van der Waals surface area (Å²) in [4.78, 5) is 51.1. The predicted octanol–water partition coefficient (Wildman–Crippen LogP) is 2.84. The number of amides is 1. The van der Waals surface area contributed by atoms with Gasteiger partial charge >= 0.3 is 0 Å². The summed E-state index contributed by atoms with van der Waals surface area (Å²) >= 11 is 0. The van der Waals surface area contributed by atoms with Gasteiger partial charge in [0.1, 0.15) is 11.5 Å². The molecule has 0 radical (unpaired) electrons. The number of aromatic nitrogens is 4. The fraction of sp³-hybridized carbons (Fsp3) is 0.391. The first-order chi connectivity index (χ1) is 15.4. The van der Waals surface area contributed by atoms with Gasteiger partial charge in [0.15, 0.2) is 5.78 Å². The van der Waals surface area contributed by atoms with Crippen molar-refractivity contribution in [3.8, 4) is 0 Å². The van der Waals surface area contributed by atoms with Crippen LogP contribution in [-0.2, 0) is 6.42 Å². The molecule has 1 aliphatic carbocycles. The summed E-state index contributed by atoms with van der Waals surface area (Å²) in [7, 11) is 0. The summed E-state index contributed by atoms with van der Waals surface area (Å²) in [6.45, 7) is 3.75. The Labute approximate surface area is 184 Å². The van der Waals surface area contributed by atoms with Gasteiger partial charge in [-0.05, 0) is 44.4 Å². The minimum Gasteiger partial charge on any atom is -0.352 e. The fourth-order valence-electron chi connectivity index (χ4n) is 4.78. The van der Waals surface area contributed by atoms with Crippen LogP contribution in [0.3, 0.4) is 0 Å². The highest BCUT2D eigenvalue weighted by molar-refractivity contribution is 5.99. The number of Topliss-reactive ketones (excluding diaryl/α,β-unsaturated/α-hetero) is 1. The first-order valence-corrected chi connectivity index (χ1v) is 10.9. The molecular formula is C23H24N6O3. The van der Waals surface area contributed by atoms with Gasteiger partial charge in [-0.25, -0.2) is 9.97 Å². The van der Waals surface area contributed by atoms with Gasteiger partial charge in [-0.15, -0.1) is 0 Å².